The monoisotopic (exact) mass is 517 g/mol. The smallest absolute Gasteiger partial charge is 0.313 e. The molecule has 0 aromatic carbocycles. The molecule has 0 spiro atoms. The molecule has 8 nitrogen and oxygen atoms in total. The number of furan rings is 1. The number of carbonyl (C=O) groups excluding carboxylic acids is 3. The third-order valence-electron chi connectivity index (χ3n) is 10.1. The molecule has 1 aliphatic heterocycles. The van der Waals surface area contributed by atoms with Crippen molar-refractivity contribution in [3.05, 3.63) is 48.0 Å². The lowest BCUT2D eigenvalue weighted by molar-refractivity contribution is -0.255. The van der Waals surface area contributed by atoms with Gasteiger partial charge in [-0.25, -0.2) is 13.8 Å². The van der Waals surface area contributed by atoms with E-state index in [1.54, 1.807) is 13.0 Å². The van der Waals surface area contributed by atoms with Crippen molar-refractivity contribution in [1.29, 1.82) is 0 Å². The van der Waals surface area contributed by atoms with E-state index in [9.17, 15) is 24.6 Å². The van der Waals surface area contributed by atoms with Crippen molar-refractivity contribution < 1.29 is 42.6 Å². The molecule has 1 amide bonds. The molecule has 9 unspecified atom stereocenters. The quantitative estimate of drug-likeness (QED) is 0.633. The Bertz CT molecular complexity index is 1250. The van der Waals surface area contributed by atoms with Crippen LogP contribution in [0.1, 0.15) is 43.7 Å². The number of fused-ring (bicyclic) bond motifs is 7. The minimum atomic E-state index is -2.30. The van der Waals surface area contributed by atoms with E-state index >= 15 is 8.78 Å². The number of aliphatic hydroxyl groups excluding tert-OH is 2. The lowest BCUT2D eigenvalue weighted by Gasteiger charge is -2.63. The number of hydrogen-bond acceptors (Lipinski definition) is 7. The number of ketones is 2. The van der Waals surface area contributed by atoms with Gasteiger partial charge in [-0.05, 0) is 62.0 Å². The van der Waals surface area contributed by atoms with E-state index in [2.05, 4.69) is 0 Å². The van der Waals surface area contributed by atoms with Crippen LogP contribution in [0, 0.1) is 28.6 Å². The Balaban J connectivity index is 1.43. The second-order valence-electron chi connectivity index (χ2n) is 11.5. The first-order valence-electron chi connectivity index (χ1n) is 12.6. The number of allylic oxidation sites excluding steroid dienone is 4. The number of carbonyl (C=O) groups is 3. The molecule has 3 saturated carbocycles. The number of Topliss-reactive ketones (excluding diaryl/α,β-unsaturated/α-hetero) is 1. The first kappa shape index (κ1) is 24.6. The van der Waals surface area contributed by atoms with E-state index in [0.29, 0.717) is 0 Å². The third-order valence-corrected chi connectivity index (χ3v) is 10.1. The maximum absolute atomic E-state index is 17.3. The van der Waals surface area contributed by atoms with E-state index in [4.69, 9.17) is 9.25 Å². The second-order valence-corrected chi connectivity index (χ2v) is 11.5. The number of halogens is 2. The van der Waals surface area contributed by atoms with Crippen molar-refractivity contribution in [3.8, 4) is 0 Å². The Hall–Kier alpha value is -2.69. The number of hydroxylamine groups is 2. The third kappa shape index (κ3) is 2.78. The van der Waals surface area contributed by atoms with E-state index < -0.39 is 76.2 Å². The fourth-order valence-corrected chi connectivity index (χ4v) is 8.51. The summed E-state index contributed by atoms with van der Waals surface area (Å²) in [6.45, 7) is 2.34. The summed E-state index contributed by atoms with van der Waals surface area (Å²) in [5, 5.41) is 22.5. The van der Waals surface area contributed by atoms with Gasteiger partial charge in [-0.2, -0.15) is 0 Å². The van der Waals surface area contributed by atoms with Gasteiger partial charge in [-0.1, -0.05) is 13.0 Å². The zero-order chi connectivity index (χ0) is 26.5. The largest absolute Gasteiger partial charge is 0.459 e. The molecular formula is C27H29F2NO7. The van der Waals surface area contributed by atoms with Gasteiger partial charge in [0.2, 0.25) is 0 Å². The van der Waals surface area contributed by atoms with Crippen molar-refractivity contribution in [2.75, 3.05) is 13.2 Å². The van der Waals surface area contributed by atoms with Crippen molar-refractivity contribution in [1.82, 2.24) is 5.06 Å². The van der Waals surface area contributed by atoms with E-state index in [1.807, 2.05) is 0 Å². The number of hydrogen-bond donors (Lipinski definition) is 2. The molecule has 198 valence electrons. The highest BCUT2D eigenvalue weighted by molar-refractivity contribution is 6.01. The highest BCUT2D eigenvalue weighted by Crippen LogP contribution is 2.72. The van der Waals surface area contributed by atoms with Gasteiger partial charge < -0.3 is 14.6 Å². The van der Waals surface area contributed by atoms with Gasteiger partial charge in [0.1, 0.15) is 12.8 Å². The van der Waals surface area contributed by atoms with Crippen molar-refractivity contribution in [3.63, 3.8) is 0 Å². The molecule has 6 rings (SSSR count). The molecule has 1 aromatic rings. The van der Waals surface area contributed by atoms with Crippen LogP contribution in [0.3, 0.4) is 0 Å². The van der Waals surface area contributed by atoms with E-state index in [-0.39, 0.29) is 37.1 Å². The Labute approximate surface area is 211 Å². The first-order chi connectivity index (χ1) is 17.4. The standard InChI is InChI=1S/C27H29F2NO7/c1-24-6-5-15(32)9-18(24)19(28)10-17-16-8-14-12-30(23(35)20-4-3-7-36-20)37-27(14,22(34)13-31)25(16,2)11-21(33)26(17,24)29/h3-7,9,14,16-17,19,21,31,33H,8,10-13H2,1-2H3. The van der Waals surface area contributed by atoms with Gasteiger partial charge in [0.25, 0.3) is 0 Å². The van der Waals surface area contributed by atoms with Crippen LogP contribution in [-0.4, -0.2) is 69.4 Å². The predicted molar refractivity (Wildman–Crippen MR) is 123 cm³/mol. The molecule has 2 heterocycles. The van der Waals surface area contributed by atoms with Gasteiger partial charge in [0, 0.05) is 22.7 Å². The molecule has 0 radical (unpaired) electrons. The molecule has 9 atom stereocenters. The molecule has 1 aromatic heterocycles. The lowest BCUT2D eigenvalue weighted by atomic mass is 9.44. The molecule has 37 heavy (non-hydrogen) atoms. The van der Waals surface area contributed by atoms with E-state index in [1.165, 1.54) is 31.4 Å². The number of alkyl halides is 2. The van der Waals surface area contributed by atoms with Gasteiger partial charge in [0.05, 0.1) is 18.9 Å². The summed E-state index contributed by atoms with van der Waals surface area (Å²) in [7, 11) is 0. The topological polar surface area (TPSA) is 117 Å². The van der Waals surface area contributed by atoms with E-state index in [0.717, 1.165) is 11.1 Å². The molecule has 4 aliphatic carbocycles. The van der Waals surface area contributed by atoms with Gasteiger partial charge in [0.15, 0.2) is 28.6 Å². The fourth-order valence-electron chi connectivity index (χ4n) is 8.51. The summed E-state index contributed by atoms with van der Waals surface area (Å²) >= 11 is 0. The minimum absolute atomic E-state index is 0.00462. The van der Waals surface area contributed by atoms with Crippen LogP contribution in [0.5, 0.6) is 0 Å². The summed E-state index contributed by atoms with van der Waals surface area (Å²) in [6, 6.07) is 3.01. The maximum atomic E-state index is 17.3. The normalized spacial score (nSPS) is 46.1. The number of aliphatic hydroxyl groups is 2. The number of amides is 1. The molecule has 0 bridgehead atoms. The second kappa shape index (κ2) is 7.68. The summed E-state index contributed by atoms with van der Waals surface area (Å²) < 4.78 is 38.2. The van der Waals surface area contributed by atoms with Gasteiger partial charge in [-0.3, -0.25) is 19.2 Å². The fraction of sp³-hybridized carbons (Fsp3) is 0.593. The Kier molecular flexibility index (Phi) is 5.11. The highest BCUT2D eigenvalue weighted by atomic mass is 19.1. The Morgan fingerprint density at radius 2 is 2.00 bits per heavy atom. The van der Waals surface area contributed by atoms with Crippen LogP contribution >= 0.6 is 0 Å². The number of nitrogens with zero attached hydrogens (tertiary/aromatic N) is 1. The predicted octanol–water partition coefficient (Wildman–Crippen LogP) is 2.51. The molecule has 2 N–H and O–H groups in total. The van der Waals surface area contributed by atoms with Crippen LogP contribution < -0.4 is 0 Å². The zero-order valence-electron chi connectivity index (χ0n) is 20.5. The Morgan fingerprint density at radius 1 is 1.24 bits per heavy atom. The van der Waals surface area contributed by atoms with Crippen LogP contribution in [0.25, 0.3) is 0 Å². The molecule has 4 fully saturated rings. The van der Waals surface area contributed by atoms with Gasteiger partial charge >= 0.3 is 5.91 Å². The molecule has 5 aliphatic rings. The summed E-state index contributed by atoms with van der Waals surface area (Å²) in [6.07, 6.45) is 1.56. The van der Waals surface area contributed by atoms with Crippen molar-refractivity contribution in [2.24, 2.45) is 28.6 Å². The van der Waals surface area contributed by atoms with Crippen molar-refractivity contribution in [2.45, 2.75) is 56.7 Å². The molecule has 10 heteroatoms. The minimum Gasteiger partial charge on any atom is -0.459 e. The first-order valence-corrected chi connectivity index (χ1v) is 12.6. The number of rotatable bonds is 3. The summed E-state index contributed by atoms with van der Waals surface area (Å²) in [4.78, 5) is 44.6. The SMILES string of the molecule is CC12C=CC(=O)C=C1C(F)CC1C3CC4CN(C(=O)c5ccco5)OC4(C(=O)CO)C3(C)CC(O)C12F. The molecular weight excluding hydrogens is 488 g/mol. The average molecular weight is 518 g/mol. The van der Waals surface area contributed by atoms with Crippen LogP contribution in [-0.2, 0) is 14.4 Å². The van der Waals surface area contributed by atoms with Crippen molar-refractivity contribution >= 4 is 17.5 Å². The highest BCUT2D eigenvalue weighted by Gasteiger charge is 2.79. The van der Waals surface area contributed by atoms with Gasteiger partial charge in [-0.15, -0.1) is 0 Å². The zero-order valence-corrected chi connectivity index (χ0v) is 20.5. The van der Waals surface area contributed by atoms with Crippen LogP contribution in [0.2, 0.25) is 0 Å². The average Bonchev–Trinajstić information content (AvgIpc) is 3.58. The maximum Gasteiger partial charge on any atom is 0.313 e. The van der Waals surface area contributed by atoms with Crippen LogP contribution in [0.15, 0.2) is 46.6 Å². The van der Waals surface area contributed by atoms with Crippen LogP contribution in [0.4, 0.5) is 8.78 Å². The summed E-state index contributed by atoms with van der Waals surface area (Å²) in [5.41, 5.74) is -6.74. The Morgan fingerprint density at radius 3 is 2.68 bits per heavy atom. The summed E-state index contributed by atoms with van der Waals surface area (Å²) in [5.74, 6) is -3.88. The molecule has 1 saturated heterocycles. The lowest BCUT2D eigenvalue weighted by Crippen LogP contribution is -2.70.